The van der Waals surface area contributed by atoms with Crippen LogP contribution in [-0.2, 0) is 27.4 Å². The number of esters is 1. The number of hydrogen-bond acceptors (Lipinski definition) is 10. The molecule has 0 unspecified atom stereocenters. The molecule has 2 heterocycles. The summed E-state index contributed by atoms with van der Waals surface area (Å²) in [6.07, 6.45) is -0.392. The lowest BCUT2D eigenvalue weighted by molar-refractivity contribution is -0.278. The number of pyridine rings is 1. The van der Waals surface area contributed by atoms with Gasteiger partial charge in [-0.2, -0.15) is 0 Å². The van der Waals surface area contributed by atoms with Crippen LogP contribution in [0.5, 0.6) is 5.75 Å². The van der Waals surface area contributed by atoms with E-state index in [-0.39, 0.29) is 31.9 Å². The van der Waals surface area contributed by atoms with Gasteiger partial charge in [0.15, 0.2) is 0 Å². The number of ether oxygens (including phenoxy) is 3. The molecule has 0 spiro atoms. The van der Waals surface area contributed by atoms with E-state index >= 15 is 0 Å². The molecule has 10 heteroatoms. The maximum Gasteiger partial charge on any atom is 0.305 e. The van der Waals surface area contributed by atoms with Crippen LogP contribution in [0.3, 0.4) is 0 Å². The van der Waals surface area contributed by atoms with Crippen molar-refractivity contribution >= 4 is 5.97 Å². The van der Waals surface area contributed by atoms with Crippen molar-refractivity contribution in [1.82, 2.24) is 4.98 Å². The first-order valence-corrected chi connectivity index (χ1v) is 11.1. The Kier molecular flexibility index (Phi) is 10.8. The second-order valence-corrected chi connectivity index (χ2v) is 8.02. The lowest BCUT2D eigenvalue weighted by atomic mass is 9.99. The van der Waals surface area contributed by atoms with E-state index in [9.17, 15) is 25.2 Å². The largest absolute Gasteiger partial charge is 0.463 e. The Labute approximate surface area is 188 Å². The first-order valence-electron chi connectivity index (χ1n) is 11.1. The molecule has 0 saturated carbocycles. The molecule has 2 rings (SSSR count). The van der Waals surface area contributed by atoms with Crippen LogP contribution in [0, 0.1) is 6.92 Å². The molecular weight excluding hydrogens is 420 g/mol. The average molecular weight is 457 g/mol. The van der Waals surface area contributed by atoms with Gasteiger partial charge in [0, 0.05) is 30.3 Å². The van der Waals surface area contributed by atoms with Crippen molar-refractivity contribution < 1.29 is 39.4 Å². The quantitative estimate of drug-likeness (QED) is 0.220. The first-order chi connectivity index (χ1) is 15.3. The average Bonchev–Trinajstić information content (AvgIpc) is 2.79. The maximum absolute atomic E-state index is 12.0. The number of aromatic nitrogens is 1. The normalized spacial score (nSPS) is 25.5. The van der Waals surface area contributed by atoms with Gasteiger partial charge in [-0.1, -0.05) is 32.6 Å². The molecule has 5 atom stereocenters. The zero-order valence-electron chi connectivity index (χ0n) is 18.8. The van der Waals surface area contributed by atoms with E-state index in [1.165, 1.54) is 6.20 Å². The Morgan fingerprint density at radius 2 is 1.88 bits per heavy atom. The molecule has 0 aromatic carbocycles. The highest BCUT2D eigenvalue weighted by Crippen LogP contribution is 2.30. The van der Waals surface area contributed by atoms with Crippen molar-refractivity contribution in [1.29, 1.82) is 0 Å². The molecule has 0 radical (unpaired) electrons. The molecule has 32 heavy (non-hydrogen) atoms. The van der Waals surface area contributed by atoms with Crippen molar-refractivity contribution in [3.63, 3.8) is 0 Å². The maximum atomic E-state index is 12.0. The molecule has 0 amide bonds. The number of unbranched alkanes of at least 4 members (excludes halogenated alkanes) is 4. The number of carbonyl (C=O) groups excluding carboxylic acids is 1. The van der Waals surface area contributed by atoms with Crippen LogP contribution < -0.4 is 10.5 Å². The van der Waals surface area contributed by atoms with E-state index in [1.807, 2.05) is 0 Å². The highest BCUT2D eigenvalue weighted by atomic mass is 16.7. The number of carbonyl (C=O) groups is 1. The monoisotopic (exact) mass is 456 g/mol. The number of nitrogens with two attached hydrogens (primary N) is 1. The Hall–Kier alpha value is -1.82. The van der Waals surface area contributed by atoms with Crippen molar-refractivity contribution in [3.05, 3.63) is 23.0 Å². The van der Waals surface area contributed by atoms with Crippen molar-refractivity contribution in [2.24, 2.45) is 5.73 Å². The van der Waals surface area contributed by atoms with Crippen LogP contribution in [0.2, 0.25) is 0 Å². The summed E-state index contributed by atoms with van der Waals surface area (Å²) >= 11 is 0. The molecule has 1 fully saturated rings. The zero-order valence-corrected chi connectivity index (χ0v) is 18.8. The number of aliphatic hydroxyl groups is 4. The van der Waals surface area contributed by atoms with E-state index in [2.05, 4.69) is 11.9 Å². The number of nitrogens with zero attached hydrogens (tertiary/aromatic N) is 1. The SMILES string of the molecule is CCCCCCCC(=O)OC[C@H]1O[C@@H](Oc2c(C)ncc(CO)c2CN)[C@H](O)[C@@H](O)[C@@H]1O. The van der Waals surface area contributed by atoms with Crippen LogP contribution in [0.25, 0.3) is 0 Å². The number of aliphatic hydroxyl groups excluding tert-OH is 4. The third-order valence-electron chi connectivity index (χ3n) is 5.57. The first kappa shape index (κ1) is 26.4. The predicted octanol–water partition coefficient (Wildman–Crippen LogP) is 0.431. The highest BCUT2D eigenvalue weighted by molar-refractivity contribution is 5.69. The molecule has 0 bridgehead atoms. The van der Waals surface area contributed by atoms with E-state index in [1.54, 1.807) is 6.92 Å². The smallest absolute Gasteiger partial charge is 0.305 e. The molecule has 0 aliphatic carbocycles. The Bertz CT molecular complexity index is 732. The van der Waals surface area contributed by atoms with E-state index < -0.39 is 36.7 Å². The number of rotatable bonds is 12. The molecular formula is C22H36N2O8. The minimum atomic E-state index is -1.58. The van der Waals surface area contributed by atoms with Crippen LogP contribution in [0.4, 0.5) is 0 Å². The molecule has 1 aliphatic heterocycles. The van der Waals surface area contributed by atoms with Gasteiger partial charge in [-0.15, -0.1) is 0 Å². The van der Waals surface area contributed by atoms with Crippen molar-refractivity contribution in [2.45, 2.75) is 96.2 Å². The molecule has 10 nitrogen and oxygen atoms in total. The lowest BCUT2D eigenvalue weighted by Gasteiger charge is -2.40. The van der Waals surface area contributed by atoms with Gasteiger partial charge in [-0.05, 0) is 13.3 Å². The Morgan fingerprint density at radius 3 is 2.53 bits per heavy atom. The van der Waals surface area contributed by atoms with Gasteiger partial charge < -0.3 is 40.4 Å². The second kappa shape index (κ2) is 13.0. The van der Waals surface area contributed by atoms with Crippen molar-refractivity contribution in [2.75, 3.05) is 6.61 Å². The molecule has 1 aromatic heterocycles. The fraction of sp³-hybridized carbons (Fsp3) is 0.727. The third kappa shape index (κ3) is 6.84. The molecule has 1 aliphatic rings. The van der Waals surface area contributed by atoms with Gasteiger partial charge in [0.05, 0.1) is 12.3 Å². The minimum Gasteiger partial charge on any atom is -0.463 e. The van der Waals surface area contributed by atoms with E-state index in [0.717, 1.165) is 32.1 Å². The summed E-state index contributed by atoms with van der Waals surface area (Å²) in [6.45, 7) is 3.22. The van der Waals surface area contributed by atoms with Gasteiger partial charge in [0.25, 0.3) is 0 Å². The van der Waals surface area contributed by atoms with Gasteiger partial charge >= 0.3 is 5.97 Å². The summed E-state index contributed by atoms with van der Waals surface area (Å²) in [5, 5.41) is 40.4. The standard InChI is InChI=1S/C22H36N2O8/c1-3-4-5-6-7-8-17(26)30-12-16-18(27)19(28)20(29)22(31-16)32-21-13(2)24-10-14(11-25)15(21)9-23/h10,16,18-20,22,25,27-29H,3-9,11-12,23H2,1-2H3/t16-,18-,19+,20-,22+/m1/s1. The molecule has 6 N–H and O–H groups in total. The summed E-state index contributed by atoms with van der Waals surface area (Å²) in [7, 11) is 0. The van der Waals surface area contributed by atoms with Gasteiger partial charge in [0.2, 0.25) is 6.29 Å². The number of hydrogen-bond donors (Lipinski definition) is 5. The summed E-state index contributed by atoms with van der Waals surface area (Å²) < 4.78 is 16.6. The fourth-order valence-corrected chi connectivity index (χ4v) is 3.58. The summed E-state index contributed by atoms with van der Waals surface area (Å²) in [5.74, 6) is -0.203. The lowest BCUT2D eigenvalue weighted by Crippen LogP contribution is -2.60. The van der Waals surface area contributed by atoms with Crippen LogP contribution in [0.1, 0.15) is 62.3 Å². The van der Waals surface area contributed by atoms with Gasteiger partial charge in [-0.25, -0.2) is 0 Å². The van der Waals surface area contributed by atoms with Crippen molar-refractivity contribution in [3.8, 4) is 5.75 Å². The van der Waals surface area contributed by atoms with E-state index in [0.29, 0.717) is 16.8 Å². The second-order valence-electron chi connectivity index (χ2n) is 8.02. The number of aryl methyl sites for hydroxylation is 1. The van der Waals surface area contributed by atoms with Gasteiger partial charge in [-0.3, -0.25) is 9.78 Å². The molecule has 182 valence electrons. The fourth-order valence-electron chi connectivity index (χ4n) is 3.58. The van der Waals surface area contributed by atoms with Crippen LogP contribution in [0.15, 0.2) is 6.20 Å². The summed E-state index contributed by atoms with van der Waals surface area (Å²) in [6, 6.07) is 0. The van der Waals surface area contributed by atoms with Gasteiger partial charge in [0.1, 0.15) is 36.8 Å². The molecule has 1 saturated heterocycles. The highest BCUT2D eigenvalue weighted by Gasteiger charge is 2.45. The Balaban J connectivity index is 2.01. The Morgan fingerprint density at radius 1 is 1.16 bits per heavy atom. The van der Waals surface area contributed by atoms with Crippen LogP contribution in [-0.4, -0.2) is 68.7 Å². The topological polar surface area (TPSA) is 165 Å². The minimum absolute atomic E-state index is 0.0435. The van der Waals surface area contributed by atoms with E-state index in [4.69, 9.17) is 19.9 Å². The third-order valence-corrected chi connectivity index (χ3v) is 5.57. The van der Waals surface area contributed by atoms with Crippen LogP contribution >= 0.6 is 0 Å². The summed E-state index contributed by atoms with van der Waals surface area (Å²) in [5.41, 5.74) is 7.19. The summed E-state index contributed by atoms with van der Waals surface area (Å²) in [4.78, 5) is 16.1. The predicted molar refractivity (Wildman–Crippen MR) is 114 cm³/mol. The zero-order chi connectivity index (χ0) is 23.7. The molecule has 1 aromatic rings.